The second-order valence-electron chi connectivity index (χ2n) is 6.75. The Kier molecular flexibility index (Phi) is 9.90. The monoisotopic (exact) mass is 348 g/mol. The Balaban J connectivity index is 2.63. The Labute approximate surface area is 151 Å². The number of carbonyl (C=O) groups is 2. The lowest BCUT2D eigenvalue weighted by Crippen LogP contribution is -2.14. The minimum Gasteiger partial charge on any atom is -0.478 e. The maximum atomic E-state index is 11.6. The summed E-state index contributed by atoms with van der Waals surface area (Å²) >= 11 is 0. The van der Waals surface area contributed by atoms with E-state index in [9.17, 15) is 19.8 Å². The highest BCUT2D eigenvalue weighted by atomic mass is 16.4. The van der Waals surface area contributed by atoms with Crippen molar-refractivity contribution in [2.24, 2.45) is 0 Å². The number of unbranched alkanes of at least 4 members (excludes halogenated alkanes) is 7. The fraction of sp³-hybridized carbons (Fsp3) is 0.619. The molecule has 4 heteroatoms. The molecule has 1 aromatic rings. The molecule has 2 N–H and O–H groups in total. The van der Waals surface area contributed by atoms with Gasteiger partial charge in [0.1, 0.15) is 0 Å². The summed E-state index contributed by atoms with van der Waals surface area (Å²) in [4.78, 5) is 22.9. The molecule has 0 spiro atoms. The maximum Gasteiger partial charge on any atom is 0.336 e. The third-order valence-electron chi connectivity index (χ3n) is 4.88. The second-order valence-corrected chi connectivity index (χ2v) is 6.75. The van der Waals surface area contributed by atoms with Gasteiger partial charge < -0.3 is 10.2 Å². The predicted molar refractivity (Wildman–Crippen MR) is 101 cm³/mol. The molecule has 0 aliphatic rings. The highest BCUT2D eigenvalue weighted by molar-refractivity contribution is 6.02. The van der Waals surface area contributed by atoms with E-state index in [1.807, 2.05) is 6.92 Å². The minimum atomic E-state index is -1.18. The lowest BCUT2D eigenvalue weighted by atomic mass is 9.86. The number of aromatic carboxylic acids is 2. The fourth-order valence-corrected chi connectivity index (χ4v) is 3.43. The second kappa shape index (κ2) is 11.7. The van der Waals surface area contributed by atoms with E-state index in [0.717, 1.165) is 25.7 Å². The van der Waals surface area contributed by atoms with Crippen LogP contribution in [0, 0.1) is 0 Å². The number of hydrogen-bond acceptors (Lipinski definition) is 2. The van der Waals surface area contributed by atoms with E-state index in [0.29, 0.717) is 5.56 Å². The van der Waals surface area contributed by atoms with Crippen LogP contribution in [-0.2, 0) is 0 Å². The molecule has 140 valence electrons. The number of carboxylic acid groups (broad SMARTS) is 2. The van der Waals surface area contributed by atoms with Crippen LogP contribution in [0.2, 0.25) is 0 Å². The summed E-state index contributed by atoms with van der Waals surface area (Å²) in [6, 6.07) is 4.80. The average molecular weight is 348 g/mol. The Morgan fingerprint density at radius 2 is 1.48 bits per heavy atom. The number of benzene rings is 1. The van der Waals surface area contributed by atoms with E-state index in [1.165, 1.54) is 44.6 Å². The SMILES string of the molecule is CCCCCCCCCCC(CC)c1cccc(C(=O)O)c1C(=O)O. The summed E-state index contributed by atoms with van der Waals surface area (Å²) < 4.78 is 0. The van der Waals surface area contributed by atoms with Crippen molar-refractivity contribution in [2.45, 2.75) is 84.0 Å². The summed E-state index contributed by atoms with van der Waals surface area (Å²) in [5, 5.41) is 18.8. The highest BCUT2D eigenvalue weighted by Crippen LogP contribution is 2.30. The first-order valence-electron chi connectivity index (χ1n) is 9.62. The quantitative estimate of drug-likeness (QED) is 0.422. The van der Waals surface area contributed by atoms with E-state index in [-0.39, 0.29) is 17.0 Å². The smallest absolute Gasteiger partial charge is 0.336 e. The van der Waals surface area contributed by atoms with E-state index in [2.05, 4.69) is 6.92 Å². The molecule has 1 atom stereocenters. The van der Waals surface area contributed by atoms with Crippen LogP contribution in [0.3, 0.4) is 0 Å². The molecule has 0 saturated heterocycles. The molecule has 1 rings (SSSR count). The first-order chi connectivity index (χ1) is 12.0. The summed E-state index contributed by atoms with van der Waals surface area (Å²) in [7, 11) is 0. The Bertz CT molecular complexity index is 551. The summed E-state index contributed by atoms with van der Waals surface area (Å²) in [6.45, 7) is 4.25. The van der Waals surface area contributed by atoms with Gasteiger partial charge in [0.25, 0.3) is 0 Å². The van der Waals surface area contributed by atoms with Crippen molar-refractivity contribution < 1.29 is 19.8 Å². The van der Waals surface area contributed by atoms with Crippen LogP contribution in [0.25, 0.3) is 0 Å². The van der Waals surface area contributed by atoms with Gasteiger partial charge in [-0.3, -0.25) is 0 Å². The highest BCUT2D eigenvalue weighted by Gasteiger charge is 2.23. The molecule has 0 saturated carbocycles. The molecule has 25 heavy (non-hydrogen) atoms. The van der Waals surface area contributed by atoms with Crippen molar-refractivity contribution in [2.75, 3.05) is 0 Å². The first kappa shape index (κ1) is 21.2. The molecule has 0 bridgehead atoms. The van der Waals surface area contributed by atoms with Crippen LogP contribution in [0.4, 0.5) is 0 Å². The fourth-order valence-electron chi connectivity index (χ4n) is 3.43. The zero-order valence-electron chi connectivity index (χ0n) is 15.6. The number of hydrogen-bond donors (Lipinski definition) is 2. The summed E-state index contributed by atoms with van der Waals surface area (Å²) in [5.41, 5.74) is 0.513. The van der Waals surface area contributed by atoms with Crippen LogP contribution in [0.5, 0.6) is 0 Å². The molecule has 1 aromatic carbocycles. The van der Waals surface area contributed by atoms with Gasteiger partial charge in [0.2, 0.25) is 0 Å². The average Bonchev–Trinajstić information content (AvgIpc) is 2.59. The lowest BCUT2D eigenvalue weighted by molar-refractivity contribution is 0.0650. The molecule has 0 fully saturated rings. The number of rotatable bonds is 13. The van der Waals surface area contributed by atoms with Crippen LogP contribution in [0.15, 0.2) is 18.2 Å². The van der Waals surface area contributed by atoms with Gasteiger partial charge in [0, 0.05) is 0 Å². The standard InChI is InChI=1S/C21H32O4/c1-3-5-6-7-8-9-10-11-13-16(4-2)17-14-12-15-18(20(22)23)19(17)21(24)25/h12,14-16H,3-11,13H2,1-2H3,(H,22,23)(H,24,25). The van der Waals surface area contributed by atoms with Crippen LogP contribution in [-0.4, -0.2) is 22.2 Å². The van der Waals surface area contributed by atoms with Crippen molar-refractivity contribution >= 4 is 11.9 Å². The summed E-state index contributed by atoms with van der Waals surface area (Å²) in [5.74, 6) is -2.23. The first-order valence-corrected chi connectivity index (χ1v) is 9.62. The van der Waals surface area contributed by atoms with Gasteiger partial charge in [0.15, 0.2) is 0 Å². The summed E-state index contributed by atoms with van der Waals surface area (Å²) in [6.07, 6.45) is 11.6. The van der Waals surface area contributed by atoms with Crippen molar-refractivity contribution in [3.8, 4) is 0 Å². The molecular formula is C21H32O4. The van der Waals surface area contributed by atoms with E-state index in [4.69, 9.17) is 0 Å². The molecular weight excluding hydrogens is 316 g/mol. The van der Waals surface area contributed by atoms with Gasteiger partial charge >= 0.3 is 11.9 Å². The van der Waals surface area contributed by atoms with Crippen LogP contribution >= 0.6 is 0 Å². The van der Waals surface area contributed by atoms with Gasteiger partial charge in [-0.25, -0.2) is 9.59 Å². The Morgan fingerprint density at radius 3 is 2.00 bits per heavy atom. The zero-order chi connectivity index (χ0) is 18.7. The minimum absolute atomic E-state index is 0.0404. The van der Waals surface area contributed by atoms with Crippen LogP contribution < -0.4 is 0 Å². The van der Waals surface area contributed by atoms with Gasteiger partial charge in [-0.1, -0.05) is 77.3 Å². The Morgan fingerprint density at radius 1 is 0.880 bits per heavy atom. The van der Waals surface area contributed by atoms with Gasteiger partial charge in [0.05, 0.1) is 11.1 Å². The lowest BCUT2D eigenvalue weighted by Gasteiger charge is -2.19. The molecule has 4 nitrogen and oxygen atoms in total. The topological polar surface area (TPSA) is 74.6 Å². The van der Waals surface area contributed by atoms with Crippen molar-refractivity contribution in [3.05, 3.63) is 34.9 Å². The third-order valence-corrected chi connectivity index (χ3v) is 4.88. The molecule has 0 amide bonds. The van der Waals surface area contributed by atoms with Crippen molar-refractivity contribution in [3.63, 3.8) is 0 Å². The molecule has 0 heterocycles. The number of carboxylic acids is 2. The third kappa shape index (κ3) is 6.89. The van der Waals surface area contributed by atoms with E-state index in [1.54, 1.807) is 12.1 Å². The maximum absolute atomic E-state index is 11.6. The zero-order valence-corrected chi connectivity index (χ0v) is 15.6. The molecule has 0 radical (unpaired) electrons. The van der Waals surface area contributed by atoms with Gasteiger partial charge in [-0.15, -0.1) is 0 Å². The van der Waals surface area contributed by atoms with Crippen molar-refractivity contribution in [1.29, 1.82) is 0 Å². The molecule has 0 aromatic heterocycles. The Hall–Kier alpha value is -1.84. The van der Waals surface area contributed by atoms with E-state index < -0.39 is 11.9 Å². The van der Waals surface area contributed by atoms with Gasteiger partial charge in [-0.05, 0) is 30.4 Å². The largest absolute Gasteiger partial charge is 0.478 e. The molecule has 1 unspecified atom stereocenters. The van der Waals surface area contributed by atoms with E-state index >= 15 is 0 Å². The molecule has 0 aliphatic carbocycles. The van der Waals surface area contributed by atoms with Gasteiger partial charge in [-0.2, -0.15) is 0 Å². The normalized spacial score (nSPS) is 12.1. The van der Waals surface area contributed by atoms with Crippen LogP contribution in [0.1, 0.15) is 110 Å². The van der Waals surface area contributed by atoms with Crippen molar-refractivity contribution in [1.82, 2.24) is 0 Å². The molecule has 0 aliphatic heterocycles. The predicted octanol–water partition coefficient (Wildman–Crippen LogP) is 6.11.